The lowest BCUT2D eigenvalue weighted by molar-refractivity contribution is 0.404. The molecule has 2 unspecified atom stereocenters. The summed E-state index contributed by atoms with van der Waals surface area (Å²) in [7, 11) is 2.04. The number of nitrogens with one attached hydrogen (secondary N) is 1. The van der Waals surface area contributed by atoms with Gasteiger partial charge in [-0.3, -0.25) is 0 Å². The molecule has 0 bridgehead atoms. The molecular weight excluding hydrogens is 232 g/mol. The zero-order chi connectivity index (χ0) is 12.3. The highest BCUT2D eigenvalue weighted by Gasteiger charge is 2.39. The smallest absolute Gasteiger partial charge is 0.0770 e. The highest BCUT2D eigenvalue weighted by Crippen LogP contribution is 2.46. The summed E-state index contributed by atoms with van der Waals surface area (Å²) in [6.07, 6.45) is 5.59. The van der Waals surface area contributed by atoms with Gasteiger partial charge in [0.1, 0.15) is 0 Å². The molecule has 1 aliphatic rings. The van der Waals surface area contributed by atoms with Gasteiger partial charge < -0.3 is 5.32 Å². The van der Waals surface area contributed by atoms with Crippen molar-refractivity contribution in [2.24, 2.45) is 0 Å². The van der Waals surface area contributed by atoms with Crippen LogP contribution in [0.2, 0.25) is 0 Å². The molecule has 0 aromatic carbocycles. The maximum absolute atomic E-state index is 4.19. The van der Waals surface area contributed by atoms with Crippen molar-refractivity contribution in [1.29, 1.82) is 0 Å². The molecule has 0 spiro atoms. The summed E-state index contributed by atoms with van der Waals surface area (Å²) in [5, 5.41) is 11.7. The Morgan fingerprint density at radius 3 is 3.06 bits per heavy atom. The van der Waals surface area contributed by atoms with Gasteiger partial charge in [-0.05, 0) is 39.0 Å². The number of hydrogen-bond donors (Lipinski definition) is 1. The van der Waals surface area contributed by atoms with E-state index < -0.39 is 0 Å². The average molecular weight is 254 g/mol. The number of aryl methyl sites for hydroxylation is 1. The lowest BCUT2D eigenvalue weighted by Gasteiger charge is -2.33. The molecule has 0 radical (unpaired) electrons. The van der Waals surface area contributed by atoms with E-state index in [1.54, 1.807) is 0 Å². The van der Waals surface area contributed by atoms with Crippen LogP contribution in [-0.2, 0) is 6.54 Å². The molecule has 17 heavy (non-hydrogen) atoms. The maximum atomic E-state index is 4.19. The SMILES string of the molecule is CCCn1nncc1C(NC)C1(C)CCCS1. The molecular formula is C12H22N4S. The van der Waals surface area contributed by atoms with Gasteiger partial charge >= 0.3 is 0 Å². The summed E-state index contributed by atoms with van der Waals surface area (Å²) in [5.41, 5.74) is 1.23. The van der Waals surface area contributed by atoms with Crippen molar-refractivity contribution in [2.45, 2.75) is 50.4 Å². The minimum absolute atomic E-state index is 0.280. The third kappa shape index (κ3) is 2.50. The van der Waals surface area contributed by atoms with Crippen molar-refractivity contribution >= 4 is 11.8 Å². The lowest BCUT2D eigenvalue weighted by Crippen LogP contribution is -2.37. The van der Waals surface area contributed by atoms with Crippen molar-refractivity contribution in [1.82, 2.24) is 20.3 Å². The van der Waals surface area contributed by atoms with Gasteiger partial charge in [0.25, 0.3) is 0 Å². The molecule has 2 heterocycles. The fourth-order valence-electron chi connectivity index (χ4n) is 2.67. The first-order chi connectivity index (χ1) is 8.21. The highest BCUT2D eigenvalue weighted by molar-refractivity contribution is 8.00. The third-order valence-electron chi connectivity index (χ3n) is 3.53. The third-order valence-corrected chi connectivity index (χ3v) is 5.12. The van der Waals surface area contributed by atoms with Crippen LogP contribution in [0.25, 0.3) is 0 Å². The Morgan fingerprint density at radius 1 is 1.65 bits per heavy atom. The molecule has 1 aliphatic heterocycles. The Kier molecular flexibility index (Phi) is 4.09. The van der Waals surface area contributed by atoms with Gasteiger partial charge in [-0.2, -0.15) is 11.8 Å². The Bertz CT molecular complexity index is 357. The zero-order valence-corrected chi connectivity index (χ0v) is 11.8. The van der Waals surface area contributed by atoms with Crippen LogP contribution < -0.4 is 5.32 Å². The Morgan fingerprint density at radius 2 is 2.47 bits per heavy atom. The summed E-state index contributed by atoms with van der Waals surface area (Å²) in [6.45, 7) is 5.48. The van der Waals surface area contributed by atoms with Crippen LogP contribution in [0.5, 0.6) is 0 Å². The molecule has 96 valence electrons. The van der Waals surface area contributed by atoms with Gasteiger partial charge in [0.15, 0.2) is 0 Å². The molecule has 1 aromatic rings. The van der Waals surface area contributed by atoms with Crippen LogP contribution in [-0.4, -0.2) is 32.5 Å². The van der Waals surface area contributed by atoms with Crippen molar-refractivity contribution in [3.63, 3.8) is 0 Å². The molecule has 0 amide bonds. The van der Waals surface area contributed by atoms with E-state index in [1.165, 1.54) is 24.3 Å². The largest absolute Gasteiger partial charge is 0.311 e. The van der Waals surface area contributed by atoms with Gasteiger partial charge in [0.2, 0.25) is 0 Å². The van der Waals surface area contributed by atoms with Gasteiger partial charge in [-0.25, -0.2) is 4.68 Å². The van der Waals surface area contributed by atoms with E-state index in [2.05, 4.69) is 41.2 Å². The number of rotatable bonds is 5. The fourth-order valence-corrected chi connectivity index (χ4v) is 4.12. The normalized spacial score (nSPS) is 26.3. The molecule has 5 heteroatoms. The number of nitrogens with zero attached hydrogens (tertiary/aromatic N) is 3. The van der Waals surface area contributed by atoms with Gasteiger partial charge in [0, 0.05) is 11.3 Å². The van der Waals surface area contributed by atoms with Crippen molar-refractivity contribution < 1.29 is 0 Å². The van der Waals surface area contributed by atoms with E-state index in [4.69, 9.17) is 0 Å². The topological polar surface area (TPSA) is 42.7 Å². The Labute approximate surface area is 108 Å². The molecule has 4 nitrogen and oxygen atoms in total. The van der Waals surface area contributed by atoms with E-state index in [9.17, 15) is 0 Å². The summed E-state index contributed by atoms with van der Waals surface area (Å²) < 4.78 is 2.33. The summed E-state index contributed by atoms with van der Waals surface area (Å²) in [4.78, 5) is 0. The van der Waals surface area contributed by atoms with Crippen molar-refractivity contribution in [3.05, 3.63) is 11.9 Å². The quantitative estimate of drug-likeness (QED) is 0.875. The summed E-state index contributed by atoms with van der Waals surface area (Å²) in [6, 6.07) is 0.344. The van der Waals surface area contributed by atoms with E-state index in [0.29, 0.717) is 6.04 Å². The fraction of sp³-hybridized carbons (Fsp3) is 0.833. The van der Waals surface area contributed by atoms with E-state index in [-0.39, 0.29) is 4.75 Å². The Balaban J connectivity index is 2.25. The zero-order valence-electron chi connectivity index (χ0n) is 10.9. The average Bonchev–Trinajstić information content (AvgIpc) is 2.91. The molecule has 1 fully saturated rings. The molecule has 1 saturated heterocycles. The van der Waals surface area contributed by atoms with Crippen LogP contribution in [0.1, 0.15) is 44.8 Å². The summed E-state index contributed by atoms with van der Waals surface area (Å²) in [5.74, 6) is 1.27. The van der Waals surface area contributed by atoms with Crippen molar-refractivity contribution in [2.75, 3.05) is 12.8 Å². The first-order valence-electron chi connectivity index (χ1n) is 6.41. The van der Waals surface area contributed by atoms with E-state index in [1.807, 2.05) is 17.9 Å². The second-order valence-electron chi connectivity index (χ2n) is 4.87. The van der Waals surface area contributed by atoms with Crippen LogP contribution in [0.3, 0.4) is 0 Å². The lowest BCUT2D eigenvalue weighted by atomic mass is 9.94. The van der Waals surface area contributed by atoms with E-state index >= 15 is 0 Å². The molecule has 2 atom stereocenters. The van der Waals surface area contributed by atoms with Gasteiger partial charge in [-0.15, -0.1) is 5.10 Å². The van der Waals surface area contributed by atoms with Crippen LogP contribution in [0.4, 0.5) is 0 Å². The van der Waals surface area contributed by atoms with Gasteiger partial charge in [0.05, 0.1) is 17.9 Å². The Hall–Kier alpha value is -0.550. The maximum Gasteiger partial charge on any atom is 0.0770 e. The minimum atomic E-state index is 0.280. The molecule has 0 aliphatic carbocycles. The van der Waals surface area contributed by atoms with Gasteiger partial charge in [-0.1, -0.05) is 12.1 Å². The molecule has 0 saturated carbocycles. The summed E-state index contributed by atoms with van der Waals surface area (Å²) >= 11 is 2.07. The van der Waals surface area contributed by atoms with Crippen LogP contribution in [0.15, 0.2) is 6.20 Å². The van der Waals surface area contributed by atoms with Crippen LogP contribution >= 0.6 is 11.8 Å². The molecule has 1 N–H and O–H groups in total. The standard InChI is InChI=1S/C12H22N4S/c1-4-7-16-10(9-14-15-16)11(13-3)12(2)6-5-8-17-12/h9,11,13H,4-8H2,1-3H3. The number of hydrogen-bond acceptors (Lipinski definition) is 4. The second-order valence-corrected chi connectivity index (χ2v) is 6.50. The monoisotopic (exact) mass is 254 g/mol. The van der Waals surface area contributed by atoms with Crippen LogP contribution in [0, 0.1) is 0 Å². The first kappa shape index (κ1) is 12.9. The number of thioether (sulfide) groups is 1. The second kappa shape index (κ2) is 5.40. The number of aromatic nitrogens is 3. The van der Waals surface area contributed by atoms with E-state index in [0.717, 1.165) is 13.0 Å². The molecule has 1 aromatic heterocycles. The minimum Gasteiger partial charge on any atom is -0.311 e. The molecule has 2 rings (SSSR count). The predicted octanol–water partition coefficient (Wildman–Crippen LogP) is 2.23. The highest BCUT2D eigenvalue weighted by atomic mass is 32.2. The van der Waals surface area contributed by atoms with Crippen molar-refractivity contribution in [3.8, 4) is 0 Å². The predicted molar refractivity (Wildman–Crippen MR) is 72.2 cm³/mol. The first-order valence-corrected chi connectivity index (χ1v) is 7.39.